The second-order valence-corrected chi connectivity index (χ2v) is 9.51. The molecule has 1 aliphatic heterocycles. The number of likely N-dealkylation sites (tertiary alicyclic amines) is 1. The fourth-order valence-corrected chi connectivity index (χ4v) is 4.52. The minimum Gasteiger partial charge on any atom is -0.339 e. The van der Waals surface area contributed by atoms with Crippen LogP contribution in [0.3, 0.4) is 0 Å². The van der Waals surface area contributed by atoms with Crippen LogP contribution in [-0.2, 0) is 21.4 Å². The summed E-state index contributed by atoms with van der Waals surface area (Å²) in [5, 5.41) is 5.23. The lowest BCUT2D eigenvalue weighted by Gasteiger charge is -2.36. The van der Waals surface area contributed by atoms with Crippen molar-refractivity contribution in [1.29, 1.82) is 0 Å². The average molecular weight is 434 g/mol. The molecule has 162 valence electrons. The van der Waals surface area contributed by atoms with Crippen molar-refractivity contribution < 1.29 is 17.6 Å². The number of piperidine rings is 1. The van der Waals surface area contributed by atoms with Crippen LogP contribution in [0.15, 0.2) is 53.4 Å². The molecule has 0 saturated carbocycles. The highest BCUT2D eigenvalue weighted by Gasteiger charge is 2.30. The summed E-state index contributed by atoms with van der Waals surface area (Å²) in [6, 6.07) is 12.6. The van der Waals surface area contributed by atoms with Crippen molar-refractivity contribution in [2.45, 2.75) is 37.2 Å². The van der Waals surface area contributed by atoms with E-state index in [1.165, 1.54) is 24.3 Å². The fraction of sp³-hybridized carbons (Fsp3) is 0.409. The number of sulfonamides is 1. The quantitative estimate of drug-likeness (QED) is 0.759. The molecule has 0 spiro atoms. The number of nitrogens with two attached hydrogens (primary N) is 1. The fourth-order valence-electron chi connectivity index (χ4n) is 3.95. The predicted octanol–water partition coefficient (Wildman–Crippen LogP) is 2.90. The molecule has 0 aliphatic carbocycles. The monoisotopic (exact) mass is 433 g/mol. The highest BCUT2D eigenvalue weighted by molar-refractivity contribution is 7.89. The maximum absolute atomic E-state index is 13.5. The van der Waals surface area contributed by atoms with Crippen LogP contribution in [-0.4, -0.2) is 44.3 Å². The smallest absolute Gasteiger partial charge is 0.238 e. The first kappa shape index (κ1) is 22.4. The highest BCUT2D eigenvalue weighted by atomic mass is 32.2. The summed E-state index contributed by atoms with van der Waals surface area (Å²) < 4.78 is 36.7. The molecule has 2 N–H and O–H groups in total. The van der Waals surface area contributed by atoms with Crippen molar-refractivity contribution in [2.24, 2.45) is 11.1 Å². The maximum atomic E-state index is 13.5. The van der Waals surface area contributed by atoms with Gasteiger partial charge in [0.15, 0.2) is 0 Å². The topological polar surface area (TPSA) is 83.7 Å². The third-order valence-electron chi connectivity index (χ3n) is 5.75. The van der Waals surface area contributed by atoms with Gasteiger partial charge in [0.25, 0.3) is 0 Å². The normalized spacial score (nSPS) is 18.7. The highest BCUT2D eigenvalue weighted by Crippen LogP contribution is 2.26. The van der Waals surface area contributed by atoms with E-state index >= 15 is 0 Å². The minimum absolute atomic E-state index is 0.0208. The largest absolute Gasteiger partial charge is 0.339 e. The Morgan fingerprint density at radius 2 is 2.00 bits per heavy atom. The number of nitrogens with zero attached hydrogens (tertiary/aromatic N) is 2. The van der Waals surface area contributed by atoms with Crippen molar-refractivity contribution >= 4 is 15.9 Å². The zero-order valence-corrected chi connectivity index (χ0v) is 18.1. The molecule has 2 aromatic rings. The van der Waals surface area contributed by atoms with Crippen LogP contribution in [0.4, 0.5) is 4.39 Å². The van der Waals surface area contributed by atoms with Gasteiger partial charge in [-0.05, 0) is 61.7 Å². The van der Waals surface area contributed by atoms with Crippen LogP contribution in [0.2, 0.25) is 0 Å². The van der Waals surface area contributed by atoms with Gasteiger partial charge in [0.1, 0.15) is 5.82 Å². The van der Waals surface area contributed by atoms with Crippen LogP contribution in [0, 0.1) is 11.7 Å². The lowest BCUT2D eigenvalue weighted by atomic mass is 9.95. The number of primary sulfonamides is 1. The van der Waals surface area contributed by atoms with E-state index in [1.54, 1.807) is 30.1 Å². The van der Waals surface area contributed by atoms with Gasteiger partial charge in [-0.2, -0.15) is 0 Å². The molecule has 1 aliphatic rings. The lowest BCUT2D eigenvalue weighted by Crippen LogP contribution is -2.44. The first-order valence-electron chi connectivity index (χ1n) is 10.0. The molecule has 1 heterocycles. The molecule has 2 atom stereocenters. The Morgan fingerprint density at radius 3 is 2.70 bits per heavy atom. The van der Waals surface area contributed by atoms with Crippen LogP contribution in [0.1, 0.15) is 36.9 Å². The third kappa shape index (κ3) is 5.44. The summed E-state index contributed by atoms with van der Waals surface area (Å²) in [5.41, 5.74) is 1.61. The number of amides is 1. The molecule has 0 aromatic heterocycles. The van der Waals surface area contributed by atoms with Crippen LogP contribution < -0.4 is 5.14 Å². The van der Waals surface area contributed by atoms with Crippen LogP contribution in [0.25, 0.3) is 0 Å². The van der Waals surface area contributed by atoms with Crippen LogP contribution >= 0.6 is 0 Å². The van der Waals surface area contributed by atoms with Gasteiger partial charge in [-0.25, -0.2) is 17.9 Å². The van der Waals surface area contributed by atoms with Gasteiger partial charge in [0.05, 0.1) is 16.9 Å². The Bertz CT molecular complexity index is 1010. The molecule has 6 nitrogen and oxygen atoms in total. The lowest BCUT2D eigenvalue weighted by molar-refractivity contribution is -0.138. The molecule has 30 heavy (non-hydrogen) atoms. The number of rotatable bonds is 6. The van der Waals surface area contributed by atoms with Gasteiger partial charge >= 0.3 is 0 Å². The summed E-state index contributed by atoms with van der Waals surface area (Å²) in [7, 11) is -2.06. The third-order valence-corrected chi connectivity index (χ3v) is 6.66. The second kappa shape index (κ2) is 9.24. The van der Waals surface area contributed by atoms with Gasteiger partial charge in [-0.15, -0.1) is 0 Å². The van der Waals surface area contributed by atoms with Crippen molar-refractivity contribution in [3.63, 3.8) is 0 Å². The van der Waals surface area contributed by atoms with Gasteiger partial charge in [0, 0.05) is 20.1 Å². The molecule has 3 rings (SSSR count). The summed E-state index contributed by atoms with van der Waals surface area (Å²) in [6.45, 7) is 3.96. The Hall–Kier alpha value is -2.29. The summed E-state index contributed by atoms with van der Waals surface area (Å²) in [4.78, 5) is 17.0. The molecule has 0 radical (unpaired) electrons. The van der Waals surface area contributed by atoms with Gasteiger partial charge in [0.2, 0.25) is 15.9 Å². The molecule has 1 amide bonds. The minimum atomic E-state index is -3.80. The number of benzene rings is 2. The van der Waals surface area contributed by atoms with Crippen molar-refractivity contribution in [3.8, 4) is 0 Å². The first-order valence-corrected chi connectivity index (χ1v) is 11.6. The van der Waals surface area contributed by atoms with Gasteiger partial charge in [-0.3, -0.25) is 9.69 Å². The summed E-state index contributed by atoms with van der Waals surface area (Å²) >= 11 is 0. The van der Waals surface area contributed by atoms with E-state index in [1.807, 2.05) is 13.0 Å². The predicted molar refractivity (Wildman–Crippen MR) is 113 cm³/mol. The number of halogens is 1. The zero-order chi connectivity index (χ0) is 21.9. The van der Waals surface area contributed by atoms with E-state index in [-0.39, 0.29) is 28.6 Å². The molecule has 0 bridgehead atoms. The van der Waals surface area contributed by atoms with E-state index in [9.17, 15) is 17.6 Å². The summed E-state index contributed by atoms with van der Waals surface area (Å²) in [6.07, 6.45) is 1.70. The zero-order valence-electron chi connectivity index (χ0n) is 17.3. The van der Waals surface area contributed by atoms with E-state index in [0.29, 0.717) is 18.7 Å². The molecule has 8 heteroatoms. The van der Waals surface area contributed by atoms with Gasteiger partial charge in [-0.1, -0.05) is 24.3 Å². The molecule has 2 aromatic carbocycles. The van der Waals surface area contributed by atoms with Crippen LogP contribution in [0.5, 0.6) is 0 Å². The number of carbonyl (C=O) groups excluding carboxylic acids is 1. The molecule has 1 saturated heterocycles. The average Bonchev–Trinajstić information content (AvgIpc) is 2.72. The number of hydrogen-bond donors (Lipinski definition) is 1. The van der Waals surface area contributed by atoms with Crippen molar-refractivity contribution in [3.05, 3.63) is 65.5 Å². The first-order chi connectivity index (χ1) is 14.1. The SMILES string of the molecule is CC(c1cccc(S(N)(=O)=O)c1)N(C)C(=O)C1CCCN(Cc2cccc(F)c2)C1. The van der Waals surface area contributed by atoms with E-state index in [0.717, 1.165) is 24.9 Å². The van der Waals surface area contributed by atoms with E-state index < -0.39 is 10.0 Å². The maximum Gasteiger partial charge on any atom is 0.238 e. The number of hydrogen-bond acceptors (Lipinski definition) is 4. The van der Waals surface area contributed by atoms with Gasteiger partial charge < -0.3 is 4.90 Å². The number of carbonyl (C=O) groups is 1. The Morgan fingerprint density at radius 1 is 1.27 bits per heavy atom. The molecular formula is C22H28FN3O3S. The van der Waals surface area contributed by atoms with E-state index in [4.69, 9.17) is 5.14 Å². The van der Waals surface area contributed by atoms with Crippen molar-refractivity contribution in [1.82, 2.24) is 9.80 Å². The molecular weight excluding hydrogens is 405 g/mol. The Balaban J connectivity index is 1.67. The van der Waals surface area contributed by atoms with E-state index in [2.05, 4.69) is 4.90 Å². The standard InChI is InChI=1S/C22H28FN3O3S/c1-16(18-7-4-10-21(13-18)30(24,28)29)25(2)22(27)19-8-5-11-26(15-19)14-17-6-3-9-20(23)12-17/h3-4,6-7,9-10,12-13,16,19H,5,8,11,14-15H2,1-2H3,(H2,24,28,29). The second-order valence-electron chi connectivity index (χ2n) is 7.95. The summed E-state index contributed by atoms with van der Waals surface area (Å²) in [5.74, 6) is -0.388. The van der Waals surface area contributed by atoms with Crippen molar-refractivity contribution in [2.75, 3.05) is 20.1 Å². The molecule has 2 unspecified atom stereocenters. The Kier molecular flexibility index (Phi) is 6.90. The molecule has 1 fully saturated rings. The Labute approximate surface area is 177 Å².